The first kappa shape index (κ1) is 13.0. The summed E-state index contributed by atoms with van der Waals surface area (Å²) in [5, 5.41) is 0. The molecule has 2 N–H and O–H groups in total. The molecule has 4 heteroatoms. The van der Waals surface area contributed by atoms with E-state index >= 15 is 0 Å². The predicted molar refractivity (Wildman–Crippen MR) is 69.1 cm³/mol. The molecule has 0 saturated heterocycles. The SMILES string of the molecule is NC1CCCCC1OCc1ccc(F)cc1Br. The normalized spacial score (nSPS) is 24.9. The van der Waals surface area contributed by atoms with Crippen molar-refractivity contribution in [2.45, 2.75) is 44.4 Å². The standard InChI is InChI=1S/C13H17BrFNO/c14-11-7-10(15)6-5-9(11)8-17-13-4-2-1-3-12(13)16/h5-7,12-13H,1-4,8,16H2. The van der Waals surface area contributed by atoms with Gasteiger partial charge in [0.15, 0.2) is 0 Å². The molecule has 2 rings (SSSR count). The number of hydrogen-bond acceptors (Lipinski definition) is 2. The van der Waals surface area contributed by atoms with Gasteiger partial charge in [0.25, 0.3) is 0 Å². The van der Waals surface area contributed by atoms with Crippen molar-refractivity contribution < 1.29 is 9.13 Å². The van der Waals surface area contributed by atoms with E-state index < -0.39 is 0 Å². The predicted octanol–water partition coefficient (Wildman–Crippen LogP) is 3.37. The minimum absolute atomic E-state index is 0.140. The van der Waals surface area contributed by atoms with E-state index in [0.717, 1.165) is 22.9 Å². The van der Waals surface area contributed by atoms with Crippen LogP contribution >= 0.6 is 15.9 Å². The van der Waals surface area contributed by atoms with Gasteiger partial charge in [0.05, 0.1) is 12.7 Å². The third-order valence-corrected chi connectivity index (χ3v) is 3.96. The lowest BCUT2D eigenvalue weighted by molar-refractivity contribution is 0.00378. The Hall–Kier alpha value is -0.450. The Bertz CT molecular complexity index is 386. The summed E-state index contributed by atoms with van der Waals surface area (Å²) in [6, 6.07) is 4.79. The smallest absolute Gasteiger partial charge is 0.124 e. The molecule has 1 saturated carbocycles. The lowest BCUT2D eigenvalue weighted by Crippen LogP contribution is -2.39. The average Bonchev–Trinajstić information content (AvgIpc) is 2.30. The third-order valence-electron chi connectivity index (χ3n) is 3.22. The third kappa shape index (κ3) is 3.50. The molecule has 1 aromatic rings. The number of ether oxygens (including phenoxy) is 1. The van der Waals surface area contributed by atoms with Crippen molar-refractivity contribution in [1.82, 2.24) is 0 Å². The average molecular weight is 302 g/mol. The highest BCUT2D eigenvalue weighted by atomic mass is 79.9. The van der Waals surface area contributed by atoms with Crippen LogP contribution in [-0.4, -0.2) is 12.1 Å². The fourth-order valence-corrected chi connectivity index (χ4v) is 2.63. The van der Waals surface area contributed by atoms with Crippen LogP contribution in [0.5, 0.6) is 0 Å². The summed E-state index contributed by atoms with van der Waals surface area (Å²) in [4.78, 5) is 0. The Morgan fingerprint density at radius 1 is 1.35 bits per heavy atom. The zero-order valence-electron chi connectivity index (χ0n) is 9.66. The van der Waals surface area contributed by atoms with Gasteiger partial charge in [0.2, 0.25) is 0 Å². The molecular weight excluding hydrogens is 285 g/mol. The zero-order valence-corrected chi connectivity index (χ0v) is 11.2. The number of benzene rings is 1. The molecule has 0 aromatic heterocycles. The number of hydrogen-bond donors (Lipinski definition) is 1. The maximum Gasteiger partial charge on any atom is 0.124 e. The van der Waals surface area contributed by atoms with Gasteiger partial charge in [0.1, 0.15) is 5.82 Å². The van der Waals surface area contributed by atoms with Crippen LogP contribution in [0.1, 0.15) is 31.2 Å². The van der Waals surface area contributed by atoms with Crippen LogP contribution in [0.15, 0.2) is 22.7 Å². The highest BCUT2D eigenvalue weighted by molar-refractivity contribution is 9.10. The van der Waals surface area contributed by atoms with Crippen LogP contribution in [0, 0.1) is 5.82 Å². The molecule has 1 aromatic carbocycles. The fraction of sp³-hybridized carbons (Fsp3) is 0.538. The summed E-state index contributed by atoms with van der Waals surface area (Å²) < 4.78 is 19.5. The molecule has 1 fully saturated rings. The van der Waals surface area contributed by atoms with Crippen molar-refractivity contribution in [3.8, 4) is 0 Å². The molecular formula is C13H17BrFNO. The molecule has 0 amide bonds. The van der Waals surface area contributed by atoms with E-state index in [1.807, 2.05) is 0 Å². The van der Waals surface area contributed by atoms with Gasteiger partial charge in [-0.1, -0.05) is 34.8 Å². The van der Waals surface area contributed by atoms with Crippen molar-refractivity contribution >= 4 is 15.9 Å². The molecule has 0 bridgehead atoms. The van der Waals surface area contributed by atoms with Gasteiger partial charge in [-0.3, -0.25) is 0 Å². The van der Waals surface area contributed by atoms with E-state index in [9.17, 15) is 4.39 Å². The van der Waals surface area contributed by atoms with Gasteiger partial charge in [-0.2, -0.15) is 0 Å². The summed E-state index contributed by atoms with van der Waals surface area (Å²) in [7, 11) is 0. The maximum absolute atomic E-state index is 12.9. The first-order valence-corrected chi connectivity index (χ1v) is 6.77. The first-order valence-electron chi connectivity index (χ1n) is 5.98. The summed E-state index contributed by atoms with van der Waals surface area (Å²) in [5.41, 5.74) is 6.97. The second-order valence-electron chi connectivity index (χ2n) is 4.53. The van der Waals surface area contributed by atoms with Gasteiger partial charge in [-0.05, 0) is 30.5 Å². The largest absolute Gasteiger partial charge is 0.372 e. The summed E-state index contributed by atoms with van der Waals surface area (Å²) in [5.74, 6) is -0.241. The van der Waals surface area contributed by atoms with E-state index in [-0.39, 0.29) is 18.0 Å². The molecule has 1 aliphatic carbocycles. The zero-order chi connectivity index (χ0) is 12.3. The Labute approximate surface area is 109 Å². The van der Waals surface area contributed by atoms with E-state index in [1.54, 1.807) is 6.07 Å². The lowest BCUT2D eigenvalue weighted by Gasteiger charge is -2.28. The topological polar surface area (TPSA) is 35.2 Å². The molecule has 2 nitrogen and oxygen atoms in total. The van der Waals surface area contributed by atoms with Gasteiger partial charge >= 0.3 is 0 Å². The molecule has 17 heavy (non-hydrogen) atoms. The van der Waals surface area contributed by atoms with Crippen molar-refractivity contribution in [3.05, 3.63) is 34.1 Å². The molecule has 1 aliphatic rings. The van der Waals surface area contributed by atoms with Crippen LogP contribution in [-0.2, 0) is 11.3 Å². The summed E-state index contributed by atoms with van der Waals surface area (Å²) in [6.45, 7) is 0.485. The number of rotatable bonds is 3. The molecule has 0 aliphatic heterocycles. The van der Waals surface area contributed by atoms with Crippen LogP contribution in [0.4, 0.5) is 4.39 Å². The monoisotopic (exact) mass is 301 g/mol. The fourth-order valence-electron chi connectivity index (χ4n) is 2.17. The van der Waals surface area contributed by atoms with Gasteiger partial charge in [-0.25, -0.2) is 4.39 Å². The lowest BCUT2D eigenvalue weighted by atomic mass is 9.93. The first-order chi connectivity index (χ1) is 8.16. The Kier molecular flexibility index (Phi) is 4.54. The van der Waals surface area contributed by atoms with Crippen molar-refractivity contribution in [2.24, 2.45) is 5.73 Å². The van der Waals surface area contributed by atoms with Gasteiger partial charge < -0.3 is 10.5 Å². The van der Waals surface area contributed by atoms with Gasteiger partial charge in [0, 0.05) is 10.5 Å². The van der Waals surface area contributed by atoms with Crippen molar-refractivity contribution in [3.63, 3.8) is 0 Å². The van der Waals surface area contributed by atoms with Crippen LogP contribution in [0.3, 0.4) is 0 Å². The van der Waals surface area contributed by atoms with Crippen LogP contribution < -0.4 is 5.73 Å². The maximum atomic E-state index is 12.9. The quantitative estimate of drug-likeness (QED) is 0.929. The van der Waals surface area contributed by atoms with E-state index in [4.69, 9.17) is 10.5 Å². The minimum Gasteiger partial charge on any atom is -0.372 e. The van der Waals surface area contributed by atoms with Crippen molar-refractivity contribution in [1.29, 1.82) is 0 Å². The molecule has 0 spiro atoms. The second-order valence-corrected chi connectivity index (χ2v) is 5.39. The highest BCUT2D eigenvalue weighted by Gasteiger charge is 2.22. The van der Waals surface area contributed by atoms with E-state index in [2.05, 4.69) is 15.9 Å². The Balaban J connectivity index is 1.92. The molecule has 94 valence electrons. The molecule has 2 unspecified atom stereocenters. The van der Waals surface area contributed by atoms with Crippen LogP contribution in [0.2, 0.25) is 0 Å². The minimum atomic E-state index is -0.241. The Morgan fingerprint density at radius 2 is 2.12 bits per heavy atom. The van der Waals surface area contributed by atoms with Crippen molar-refractivity contribution in [2.75, 3.05) is 0 Å². The van der Waals surface area contributed by atoms with E-state index in [0.29, 0.717) is 6.61 Å². The second kappa shape index (κ2) is 5.94. The molecule has 2 atom stereocenters. The molecule has 0 heterocycles. The molecule has 0 radical (unpaired) electrons. The Morgan fingerprint density at radius 3 is 2.82 bits per heavy atom. The van der Waals surface area contributed by atoms with Crippen LogP contribution in [0.25, 0.3) is 0 Å². The number of nitrogens with two attached hydrogens (primary N) is 1. The number of halogens is 2. The summed E-state index contributed by atoms with van der Waals surface area (Å²) >= 11 is 3.34. The van der Waals surface area contributed by atoms with E-state index in [1.165, 1.54) is 25.0 Å². The summed E-state index contributed by atoms with van der Waals surface area (Å²) in [6.07, 6.45) is 4.58. The van der Waals surface area contributed by atoms with Gasteiger partial charge in [-0.15, -0.1) is 0 Å². The highest BCUT2D eigenvalue weighted by Crippen LogP contribution is 2.23.